The molecule has 0 aliphatic carbocycles. The van der Waals surface area contributed by atoms with Gasteiger partial charge in [-0.1, -0.05) is 6.07 Å². The lowest BCUT2D eigenvalue weighted by Crippen LogP contribution is -2.50. The van der Waals surface area contributed by atoms with Crippen LogP contribution in [0.2, 0.25) is 0 Å². The van der Waals surface area contributed by atoms with E-state index in [1.165, 1.54) is 4.90 Å². The predicted octanol–water partition coefficient (Wildman–Crippen LogP) is 0.916. The number of methoxy groups -OCH3 is 1. The standard InChI is InChI=1S/C12H13BrN2O3/c1-18-10-3-2-8(4-9(10)13)6-15-7-11(16)14-5-12(15)17/h2-4H,5-7H2,1H3,(H,14,16). The molecular weight excluding hydrogens is 300 g/mol. The van der Waals surface area contributed by atoms with Crippen molar-refractivity contribution in [2.24, 2.45) is 0 Å². The van der Waals surface area contributed by atoms with Gasteiger partial charge in [0.05, 0.1) is 24.7 Å². The summed E-state index contributed by atoms with van der Waals surface area (Å²) >= 11 is 3.39. The highest BCUT2D eigenvalue weighted by Crippen LogP contribution is 2.26. The topological polar surface area (TPSA) is 58.6 Å². The lowest BCUT2D eigenvalue weighted by molar-refractivity contribution is -0.141. The number of hydrogen-bond donors (Lipinski definition) is 1. The molecule has 0 atom stereocenters. The monoisotopic (exact) mass is 312 g/mol. The van der Waals surface area contributed by atoms with E-state index >= 15 is 0 Å². The number of halogens is 1. The van der Waals surface area contributed by atoms with Gasteiger partial charge in [-0.2, -0.15) is 0 Å². The minimum atomic E-state index is -0.123. The number of benzene rings is 1. The summed E-state index contributed by atoms with van der Waals surface area (Å²) in [6.07, 6.45) is 0. The van der Waals surface area contributed by atoms with Gasteiger partial charge in [-0.25, -0.2) is 0 Å². The summed E-state index contributed by atoms with van der Waals surface area (Å²) in [6, 6.07) is 5.59. The highest BCUT2D eigenvalue weighted by molar-refractivity contribution is 9.10. The smallest absolute Gasteiger partial charge is 0.242 e. The third kappa shape index (κ3) is 2.81. The fraction of sp³-hybridized carbons (Fsp3) is 0.333. The van der Waals surface area contributed by atoms with Crippen molar-refractivity contribution in [1.82, 2.24) is 10.2 Å². The van der Waals surface area contributed by atoms with E-state index in [4.69, 9.17) is 4.74 Å². The SMILES string of the molecule is COc1ccc(CN2CC(=O)NCC2=O)cc1Br. The van der Waals surface area contributed by atoms with E-state index in [9.17, 15) is 9.59 Å². The Morgan fingerprint density at radius 2 is 2.22 bits per heavy atom. The minimum absolute atomic E-state index is 0.0680. The number of nitrogens with zero attached hydrogens (tertiary/aromatic N) is 1. The van der Waals surface area contributed by atoms with Gasteiger partial charge in [-0.3, -0.25) is 9.59 Å². The molecule has 0 unspecified atom stereocenters. The van der Waals surface area contributed by atoms with E-state index in [0.717, 1.165) is 15.8 Å². The third-order valence-corrected chi connectivity index (χ3v) is 3.33. The first-order valence-electron chi connectivity index (χ1n) is 5.47. The minimum Gasteiger partial charge on any atom is -0.496 e. The normalized spacial score (nSPS) is 15.6. The van der Waals surface area contributed by atoms with E-state index in [-0.39, 0.29) is 24.9 Å². The van der Waals surface area contributed by atoms with Gasteiger partial charge in [-0.15, -0.1) is 0 Å². The Bertz CT molecular complexity index is 490. The number of carbonyl (C=O) groups excluding carboxylic acids is 2. The Balaban J connectivity index is 2.11. The maximum absolute atomic E-state index is 11.6. The van der Waals surface area contributed by atoms with Crippen LogP contribution < -0.4 is 10.1 Å². The second-order valence-electron chi connectivity index (χ2n) is 4.00. The molecule has 1 saturated heterocycles. The second-order valence-corrected chi connectivity index (χ2v) is 4.85. The van der Waals surface area contributed by atoms with Crippen molar-refractivity contribution in [3.05, 3.63) is 28.2 Å². The lowest BCUT2D eigenvalue weighted by atomic mass is 10.2. The van der Waals surface area contributed by atoms with Crippen LogP contribution in [0.1, 0.15) is 5.56 Å². The number of nitrogens with one attached hydrogen (secondary N) is 1. The van der Waals surface area contributed by atoms with Crippen molar-refractivity contribution in [3.63, 3.8) is 0 Å². The fourth-order valence-corrected chi connectivity index (χ4v) is 2.36. The maximum atomic E-state index is 11.6. The Labute approximate surface area is 113 Å². The van der Waals surface area contributed by atoms with Crippen molar-refractivity contribution in [2.45, 2.75) is 6.54 Å². The molecule has 1 heterocycles. The van der Waals surface area contributed by atoms with Crippen molar-refractivity contribution in [2.75, 3.05) is 20.2 Å². The number of hydrogen-bond acceptors (Lipinski definition) is 3. The van der Waals surface area contributed by atoms with Gasteiger partial charge in [-0.05, 0) is 33.6 Å². The van der Waals surface area contributed by atoms with Gasteiger partial charge in [0.2, 0.25) is 11.8 Å². The molecule has 18 heavy (non-hydrogen) atoms. The summed E-state index contributed by atoms with van der Waals surface area (Å²) in [5, 5.41) is 2.52. The number of carbonyl (C=O) groups is 2. The van der Waals surface area contributed by atoms with Gasteiger partial charge < -0.3 is 15.0 Å². The number of amides is 2. The summed E-state index contributed by atoms with van der Waals surface area (Å²) in [6.45, 7) is 0.619. The van der Waals surface area contributed by atoms with E-state index in [1.807, 2.05) is 18.2 Å². The first-order valence-corrected chi connectivity index (χ1v) is 6.26. The maximum Gasteiger partial charge on any atom is 0.242 e. The Morgan fingerprint density at radius 3 is 2.89 bits per heavy atom. The molecule has 0 spiro atoms. The highest BCUT2D eigenvalue weighted by atomic mass is 79.9. The van der Waals surface area contributed by atoms with Crippen LogP contribution >= 0.6 is 15.9 Å². The zero-order valence-electron chi connectivity index (χ0n) is 9.90. The van der Waals surface area contributed by atoms with Gasteiger partial charge >= 0.3 is 0 Å². The molecule has 1 aromatic carbocycles. The van der Waals surface area contributed by atoms with E-state index in [1.54, 1.807) is 7.11 Å². The molecular formula is C12H13BrN2O3. The summed E-state index contributed by atoms with van der Waals surface area (Å²) in [5.41, 5.74) is 0.950. The van der Waals surface area contributed by atoms with Crippen molar-refractivity contribution >= 4 is 27.7 Å². The molecule has 0 saturated carbocycles. The average Bonchev–Trinajstić information content (AvgIpc) is 2.34. The molecule has 5 nitrogen and oxygen atoms in total. The van der Waals surface area contributed by atoms with Gasteiger partial charge in [0.1, 0.15) is 5.75 Å². The summed E-state index contributed by atoms with van der Waals surface area (Å²) in [5.74, 6) is 0.546. The molecule has 0 radical (unpaired) electrons. The molecule has 2 rings (SSSR count). The molecule has 1 aromatic rings. The van der Waals surface area contributed by atoms with Gasteiger partial charge in [0.15, 0.2) is 0 Å². The van der Waals surface area contributed by atoms with Crippen LogP contribution in [0.15, 0.2) is 22.7 Å². The average molecular weight is 313 g/mol. The van der Waals surface area contributed by atoms with Crippen LogP contribution in [0.5, 0.6) is 5.75 Å². The Kier molecular flexibility index (Phi) is 3.86. The zero-order chi connectivity index (χ0) is 13.1. The lowest BCUT2D eigenvalue weighted by Gasteiger charge is -2.26. The van der Waals surface area contributed by atoms with Crippen LogP contribution in [0.3, 0.4) is 0 Å². The van der Waals surface area contributed by atoms with E-state index in [2.05, 4.69) is 21.2 Å². The van der Waals surface area contributed by atoms with E-state index < -0.39 is 0 Å². The van der Waals surface area contributed by atoms with Crippen LogP contribution in [0.4, 0.5) is 0 Å². The first kappa shape index (κ1) is 12.9. The quantitative estimate of drug-likeness (QED) is 0.903. The zero-order valence-corrected chi connectivity index (χ0v) is 11.5. The number of rotatable bonds is 3. The number of piperazine rings is 1. The molecule has 1 aliphatic rings. The molecule has 96 valence electrons. The summed E-state index contributed by atoms with van der Waals surface area (Å²) < 4.78 is 5.97. The molecule has 0 aromatic heterocycles. The van der Waals surface area contributed by atoms with Crippen LogP contribution in [0, 0.1) is 0 Å². The van der Waals surface area contributed by atoms with Gasteiger partial charge in [0, 0.05) is 6.54 Å². The predicted molar refractivity (Wildman–Crippen MR) is 69.1 cm³/mol. The fourth-order valence-electron chi connectivity index (χ4n) is 1.78. The second kappa shape index (κ2) is 5.39. The molecule has 0 bridgehead atoms. The highest BCUT2D eigenvalue weighted by Gasteiger charge is 2.23. The first-order chi connectivity index (χ1) is 8.60. The number of ether oxygens (including phenoxy) is 1. The van der Waals surface area contributed by atoms with Crippen molar-refractivity contribution < 1.29 is 14.3 Å². The molecule has 6 heteroatoms. The van der Waals surface area contributed by atoms with Crippen molar-refractivity contribution in [3.8, 4) is 5.75 Å². The van der Waals surface area contributed by atoms with Crippen LogP contribution in [-0.2, 0) is 16.1 Å². The molecule has 1 fully saturated rings. The molecule has 2 amide bonds. The molecule has 1 aliphatic heterocycles. The Morgan fingerprint density at radius 1 is 1.44 bits per heavy atom. The van der Waals surface area contributed by atoms with Crippen LogP contribution in [-0.4, -0.2) is 36.9 Å². The Hall–Kier alpha value is -1.56. The van der Waals surface area contributed by atoms with Gasteiger partial charge in [0.25, 0.3) is 0 Å². The third-order valence-electron chi connectivity index (χ3n) is 2.71. The summed E-state index contributed by atoms with van der Waals surface area (Å²) in [7, 11) is 1.60. The summed E-state index contributed by atoms with van der Waals surface area (Å²) in [4.78, 5) is 24.4. The molecule has 1 N–H and O–H groups in total. The van der Waals surface area contributed by atoms with E-state index in [0.29, 0.717) is 6.54 Å². The van der Waals surface area contributed by atoms with Crippen LogP contribution in [0.25, 0.3) is 0 Å². The van der Waals surface area contributed by atoms with Crippen molar-refractivity contribution in [1.29, 1.82) is 0 Å². The largest absolute Gasteiger partial charge is 0.496 e.